The Morgan fingerprint density at radius 2 is 2.30 bits per heavy atom. The Labute approximate surface area is 71.2 Å². The Kier molecular flexibility index (Phi) is 7.54. The molecule has 0 aliphatic carbocycles. The lowest BCUT2D eigenvalue weighted by atomic mass is 10.1. The molecule has 0 spiro atoms. The van der Waals surface area contributed by atoms with Crippen LogP contribution < -0.4 is 0 Å². The SMILES string of the molecule is C=CCCC(CCC)[SiH2]Cl. The van der Waals surface area contributed by atoms with Crippen LogP contribution >= 0.6 is 11.1 Å². The van der Waals surface area contributed by atoms with E-state index in [1.165, 1.54) is 19.3 Å². The van der Waals surface area contributed by atoms with Crippen LogP contribution in [0, 0.1) is 0 Å². The van der Waals surface area contributed by atoms with Crippen molar-refractivity contribution in [2.45, 2.75) is 38.1 Å². The fourth-order valence-corrected chi connectivity index (χ4v) is 2.94. The van der Waals surface area contributed by atoms with Gasteiger partial charge < -0.3 is 0 Å². The summed E-state index contributed by atoms with van der Waals surface area (Å²) in [7, 11) is -0.279. The highest BCUT2D eigenvalue weighted by molar-refractivity contribution is 6.94. The summed E-state index contributed by atoms with van der Waals surface area (Å²) in [4.78, 5) is 0. The van der Waals surface area contributed by atoms with Crippen molar-refractivity contribution < 1.29 is 0 Å². The van der Waals surface area contributed by atoms with E-state index in [4.69, 9.17) is 11.1 Å². The zero-order valence-electron chi connectivity index (χ0n) is 6.78. The highest BCUT2D eigenvalue weighted by Crippen LogP contribution is 2.19. The molecule has 0 aliphatic heterocycles. The largest absolute Gasteiger partial charge is 0.176 e. The summed E-state index contributed by atoms with van der Waals surface area (Å²) in [6.45, 7) is 5.92. The third kappa shape index (κ3) is 5.07. The quantitative estimate of drug-likeness (QED) is 0.332. The molecule has 0 amide bonds. The molecule has 1 unspecified atom stereocenters. The van der Waals surface area contributed by atoms with Gasteiger partial charge in [-0.25, -0.2) is 0 Å². The number of rotatable bonds is 6. The van der Waals surface area contributed by atoms with E-state index in [1.54, 1.807) is 0 Å². The molecule has 0 N–H and O–H groups in total. The van der Waals surface area contributed by atoms with Crippen LogP contribution in [0.5, 0.6) is 0 Å². The van der Waals surface area contributed by atoms with Gasteiger partial charge in [-0.2, -0.15) is 11.1 Å². The molecule has 10 heavy (non-hydrogen) atoms. The molecule has 0 fully saturated rings. The Balaban J connectivity index is 3.29. The molecule has 0 aromatic carbocycles. The summed E-state index contributed by atoms with van der Waals surface area (Å²) in [5.41, 5.74) is 0.852. The third-order valence-corrected chi connectivity index (χ3v) is 4.26. The number of hydrogen-bond acceptors (Lipinski definition) is 0. The molecule has 60 valence electrons. The topological polar surface area (TPSA) is 0 Å². The monoisotopic (exact) mass is 176 g/mol. The molecular formula is C8H17ClSi. The molecule has 1 atom stereocenters. The molecule has 0 nitrogen and oxygen atoms in total. The Morgan fingerprint density at radius 3 is 2.70 bits per heavy atom. The summed E-state index contributed by atoms with van der Waals surface area (Å²) in [6.07, 6.45) is 7.01. The van der Waals surface area contributed by atoms with Crippen molar-refractivity contribution in [2.75, 3.05) is 0 Å². The lowest BCUT2D eigenvalue weighted by Gasteiger charge is -2.09. The van der Waals surface area contributed by atoms with Crippen molar-refractivity contribution in [3.8, 4) is 0 Å². The summed E-state index contributed by atoms with van der Waals surface area (Å²) < 4.78 is 0. The Morgan fingerprint density at radius 1 is 1.60 bits per heavy atom. The minimum absolute atomic E-state index is 0.279. The first-order valence-corrected chi connectivity index (χ1v) is 6.97. The van der Waals surface area contributed by atoms with Gasteiger partial charge in [0.25, 0.3) is 0 Å². The van der Waals surface area contributed by atoms with E-state index in [0.29, 0.717) is 0 Å². The van der Waals surface area contributed by atoms with Crippen LogP contribution in [0.4, 0.5) is 0 Å². The second kappa shape index (κ2) is 7.36. The van der Waals surface area contributed by atoms with Gasteiger partial charge in [-0.15, -0.1) is 6.58 Å². The van der Waals surface area contributed by atoms with Crippen LogP contribution in [-0.2, 0) is 0 Å². The van der Waals surface area contributed by atoms with E-state index in [2.05, 4.69) is 13.5 Å². The maximum Gasteiger partial charge on any atom is 0.128 e. The van der Waals surface area contributed by atoms with Crippen LogP contribution in [0.25, 0.3) is 0 Å². The second-order valence-corrected chi connectivity index (χ2v) is 5.06. The van der Waals surface area contributed by atoms with E-state index in [-0.39, 0.29) is 8.83 Å². The van der Waals surface area contributed by atoms with E-state index in [0.717, 1.165) is 12.0 Å². The molecule has 0 aliphatic rings. The fourth-order valence-electron chi connectivity index (χ4n) is 1.06. The first-order valence-electron chi connectivity index (χ1n) is 4.02. The zero-order valence-corrected chi connectivity index (χ0v) is 8.95. The fraction of sp³-hybridized carbons (Fsp3) is 0.750. The van der Waals surface area contributed by atoms with Crippen molar-refractivity contribution in [2.24, 2.45) is 0 Å². The third-order valence-electron chi connectivity index (χ3n) is 1.69. The molecule has 0 aromatic rings. The maximum atomic E-state index is 5.89. The molecule has 0 heterocycles. The van der Waals surface area contributed by atoms with Crippen LogP contribution in [0.2, 0.25) is 5.54 Å². The summed E-state index contributed by atoms with van der Waals surface area (Å²) >= 11 is 5.89. The lowest BCUT2D eigenvalue weighted by Crippen LogP contribution is -1.96. The lowest BCUT2D eigenvalue weighted by molar-refractivity contribution is 0.671. The minimum Gasteiger partial charge on any atom is -0.176 e. The van der Waals surface area contributed by atoms with Gasteiger partial charge in [0.2, 0.25) is 0 Å². The van der Waals surface area contributed by atoms with Gasteiger partial charge in [0.05, 0.1) is 0 Å². The van der Waals surface area contributed by atoms with Crippen LogP contribution in [0.3, 0.4) is 0 Å². The number of hydrogen-bond donors (Lipinski definition) is 0. The number of halogens is 1. The van der Waals surface area contributed by atoms with Crippen molar-refractivity contribution in [3.05, 3.63) is 12.7 Å². The average molecular weight is 177 g/mol. The Hall–Kier alpha value is 0.247. The van der Waals surface area contributed by atoms with Crippen molar-refractivity contribution in [1.82, 2.24) is 0 Å². The van der Waals surface area contributed by atoms with Crippen molar-refractivity contribution in [3.63, 3.8) is 0 Å². The van der Waals surface area contributed by atoms with E-state index < -0.39 is 0 Å². The summed E-state index contributed by atoms with van der Waals surface area (Å²) in [5.74, 6) is 0. The molecule has 0 rings (SSSR count). The average Bonchev–Trinajstić information content (AvgIpc) is 1.98. The van der Waals surface area contributed by atoms with Crippen LogP contribution in [0.1, 0.15) is 32.6 Å². The maximum absolute atomic E-state index is 5.89. The van der Waals surface area contributed by atoms with Crippen molar-refractivity contribution in [1.29, 1.82) is 0 Å². The van der Waals surface area contributed by atoms with Crippen molar-refractivity contribution >= 4 is 19.9 Å². The first kappa shape index (κ1) is 10.2. The molecular weight excluding hydrogens is 160 g/mol. The molecule has 0 saturated heterocycles. The minimum atomic E-state index is -0.279. The van der Waals surface area contributed by atoms with Gasteiger partial charge in [-0.1, -0.05) is 25.8 Å². The van der Waals surface area contributed by atoms with Gasteiger partial charge in [0.1, 0.15) is 8.83 Å². The zero-order chi connectivity index (χ0) is 7.82. The predicted octanol–water partition coefficient (Wildman–Crippen LogP) is 2.86. The van der Waals surface area contributed by atoms with E-state index in [9.17, 15) is 0 Å². The van der Waals surface area contributed by atoms with Crippen LogP contribution in [-0.4, -0.2) is 8.83 Å². The smallest absolute Gasteiger partial charge is 0.128 e. The molecule has 0 radical (unpaired) electrons. The highest BCUT2D eigenvalue weighted by atomic mass is 35.6. The molecule has 2 heteroatoms. The molecule has 0 bridgehead atoms. The van der Waals surface area contributed by atoms with Gasteiger partial charge in [0, 0.05) is 0 Å². The predicted molar refractivity (Wildman–Crippen MR) is 52.5 cm³/mol. The van der Waals surface area contributed by atoms with Gasteiger partial charge in [-0.3, -0.25) is 0 Å². The highest BCUT2D eigenvalue weighted by Gasteiger charge is 2.04. The van der Waals surface area contributed by atoms with Crippen LogP contribution in [0.15, 0.2) is 12.7 Å². The molecule has 0 aromatic heterocycles. The Bertz CT molecular complexity index is 83.3. The summed E-state index contributed by atoms with van der Waals surface area (Å²) in [6, 6.07) is 0. The normalized spacial score (nSPS) is 14.2. The van der Waals surface area contributed by atoms with E-state index >= 15 is 0 Å². The number of allylic oxidation sites excluding steroid dienone is 1. The van der Waals surface area contributed by atoms with E-state index in [1.807, 2.05) is 6.08 Å². The standard InChI is InChI=1S/C8H17ClSi/c1-3-5-7-8(10-9)6-4-2/h3,8H,1,4-7,10H2,2H3. The van der Waals surface area contributed by atoms with Gasteiger partial charge >= 0.3 is 0 Å². The van der Waals surface area contributed by atoms with Gasteiger partial charge in [-0.05, 0) is 18.4 Å². The molecule has 0 saturated carbocycles. The first-order chi connectivity index (χ1) is 4.85. The summed E-state index contributed by atoms with van der Waals surface area (Å²) in [5, 5.41) is 0. The van der Waals surface area contributed by atoms with Gasteiger partial charge in [0.15, 0.2) is 0 Å². The second-order valence-electron chi connectivity index (χ2n) is 2.68.